The molecular weight excluding hydrogens is 236 g/mol. The molecule has 0 unspecified atom stereocenters. The smallest absolute Gasteiger partial charge is 0.247 e. The van der Waals surface area contributed by atoms with Crippen molar-refractivity contribution in [1.82, 2.24) is 9.78 Å². The molecule has 3 nitrogen and oxygen atoms in total. The topological polar surface area (TPSA) is 34.9 Å². The summed E-state index contributed by atoms with van der Waals surface area (Å²) < 4.78 is 1.51. The molecule has 1 aromatic heterocycles. The molecule has 0 aliphatic heterocycles. The molecule has 0 saturated heterocycles. The Hall–Kier alpha value is -2.42. The van der Waals surface area contributed by atoms with E-state index >= 15 is 0 Å². The standard InChI is InChI=1S/C16H14N2O/c1-2-15(19)18-14-11-7-6-10-13(14)16(17-18)12-8-4-3-5-9-12/h3-11H,2H2,1H3. The number of carbonyl (C=O) groups excluding carboxylic acids is 1. The van der Waals surface area contributed by atoms with E-state index in [1.165, 1.54) is 4.68 Å². The van der Waals surface area contributed by atoms with Crippen molar-refractivity contribution in [3.05, 3.63) is 54.6 Å². The van der Waals surface area contributed by atoms with Gasteiger partial charge in [-0.3, -0.25) is 4.79 Å². The average Bonchev–Trinajstić information content (AvgIpc) is 2.87. The monoisotopic (exact) mass is 250 g/mol. The van der Waals surface area contributed by atoms with Gasteiger partial charge in [0.05, 0.1) is 5.52 Å². The highest BCUT2D eigenvalue weighted by molar-refractivity contribution is 5.98. The van der Waals surface area contributed by atoms with E-state index in [0.717, 1.165) is 22.2 Å². The fraction of sp³-hybridized carbons (Fsp3) is 0.125. The zero-order chi connectivity index (χ0) is 13.2. The molecule has 0 radical (unpaired) electrons. The van der Waals surface area contributed by atoms with Gasteiger partial charge in [0, 0.05) is 17.4 Å². The van der Waals surface area contributed by atoms with Crippen LogP contribution in [0, 0.1) is 0 Å². The first kappa shape index (κ1) is 11.7. The van der Waals surface area contributed by atoms with Crippen LogP contribution in [0.1, 0.15) is 18.1 Å². The summed E-state index contributed by atoms with van der Waals surface area (Å²) in [7, 11) is 0. The maximum atomic E-state index is 12.0. The Labute approximate surface area is 111 Å². The Morgan fingerprint density at radius 1 is 1.05 bits per heavy atom. The van der Waals surface area contributed by atoms with Gasteiger partial charge in [0.25, 0.3) is 0 Å². The summed E-state index contributed by atoms with van der Waals surface area (Å²) in [5, 5.41) is 5.51. The quantitative estimate of drug-likeness (QED) is 0.694. The van der Waals surface area contributed by atoms with Crippen LogP contribution < -0.4 is 0 Å². The van der Waals surface area contributed by atoms with Crippen LogP contribution in [0.15, 0.2) is 54.6 Å². The molecular formula is C16H14N2O. The Morgan fingerprint density at radius 3 is 2.47 bits per heavy atom. The highest BCUT2D eigenvalue weighted by Gasteiger charge is 2.14. The lowest BCUT2D eigenvalue weighted by Crippen LogP contribution is -2.10. The summed E-state index contributed by atoms with van der Waals surface area (Å²) in [5.41, 5.74) is 2.76. The van der Waals surface area contributed by atoms with Crippen molar-refractivity contribution < 1.29 is 4.79 Å². The molecule has 1 heterocycles. The Balaban J connectivity index is 2.29. The van der Waals surface area contributed by atoms with Gasteiger partial charge >= 0.3 is 0 Å². The van der Waals surface area contributed by atoms with Crippen LogP contribution in [0.2, 0.25) is 0 Å². The number of aromatic nitrogens is 2. The highest BCUT2D eigenvalue weighted by Crippen LogP contribution is 2.27. The number of hydrogen-bond donors (Lipinski definition) is 0. The fourth-order valence-corrected chi connectivity index (χ4v) is 2.22. The molecule has 94 valence electrons. The minimum absolute atomic E-state index is 0.0124. The number of rotatable bonds is 2. The van der Waals surface area contributed by atoms with E-state index in [-0.39, 0.29) is 5.91 Å². The third-order valence-corrected chi connectivity index (χ3v) is 3.17. The van der Waals surface area contributed by atoms with Crippen LogP contribution >= 0.6 is 0 Å². The summed E-state index contributed by atoms with van der Waals surface area (Å²) >= 11 is 0. The number of benzene rings is 2. The largest absolute Gasteiger partial charge is 0.273 e. The summed E-state index contributed by atoms with van der Waals surface area (Å²) in [6.07, 6.45) is 0.444. The van der Waals surface area contributed by atoms with Gasteiger partial charge in [-0.05, 0) is 6.07 Å². The van der Waals surface area contributed by atoms with Crippen LogP contribution in [-0.2, 0) is 0 Å². The lowest BCUT2D eigenvalue weighted by Gasteiger charge is -1.97. The number of nitrogens with zero attached hydrogens (tertiary/aromatic N) is 2. The van der Waals surface area contributed by atoms with E-state index in [2.05, 4.69) is 5.10 Å². The van der Waals surface area contributed by atoms with E-state index in [1.807, 2.05) is 61.5 Å². The highest BCUT2D eigenvalue weighted by atomic mass is 16.2. The SMILES string of the molecule is CCC(=O)n1nc(-c2ccccc2)c2ccccc21. The van der Waals surface area contributed by atoms with Gasteiger partial charge in [0.15, 0.2) is 0 Å². The fourth-order valence-electron chi connectivity index (χ4n) is 2.22. The minimum atomic E-state index is 0.0124. The molecule has 0 bridgehead atoms. The molecule has 0 saturated carbocycles. The minimum Gasteiger partial charge on any atom is -0.273 e. The van der Waals surface area contributed by atoms with E-state index in [0.29, 0.717) is 6.42 Å². The molecule has 0 aliphatic carbocycles. The summed E-state index contributed by atoms with van der Waals surface area (Å²) in [6.45, 7) is 1.85. The van der Waals surface area contributed by atoms with Crippen LogP contribution in [-0.4, -0.2) is 15.7 Å². The molecule has 2 aromatic carbocycles. The van der Waals surface area contributed by atoms with Gasteiger partial charge in [0.2, 0.25) is 5.91 Å². The van der Waals surface area contributed by atoms with Crippen LogP contribution in [0.5, 0.6) is 0 Å². The molecule has 0 atom stereocenters. The first-order valence-corrected chi connectivity index (χ1v) is 6.37. The summed E-state index contributed by atoms with van der Waals surface area (Å²) in [4.78, 5) is 12.0. The molecule has 0 aliphatic rings. The maximum Gasteiger partial charge on any atom is 0.247 e. The molecule has 3 aromatic rings. The van der Waals surface area contributed by atoms with Gasteiger partial charge in [0.1, 0.15) is 5.69 Å². The first-order valence-electron chi connectivity index (χ1n) is 6.37. The van der Waals surface area contributed by atoms with Crippen molar-refractivity contribution in [3.63, 3.8) is 0 Å². The lowest BCUT2D eigenvalue weighted by molar-refractivity contribution is 0.0899. The van der Waals surface area contributed by atoms with Gasteiger partial charge < -0.3 is 0 Å². The van der Waals surface area contributed by atoms with Crippen molar-refractivity contribution in [2.24, 2.45) is 0 Å². The second kappa shape index (κ2) is 4.69. The van der Waals surface area contributed by atoms with Gasteiger partial charge in [-0.1, -0.05) is 55.5 Å². The molecule has 3 rings (SSSR count). The second-order valence-electron chi connectivity index (χ2n) is 4.39. The molecule has 19 heavy (non-hydrogen) atoms. The molecule has 3 heteroatoms. The second-order valence-corrected chi connectivity index (χ2v) is 4.39. The first-order chi connectivity index (χ1) is 9.31. The maximum absolute atomic E-state index is 12.0. The van der Waals surface area contributed by atoms with Crippen molar-refractivity contribution >= 4 is 16.8 Å². The third kappa shape index (κ3) is 1.93. The Bertz CT molecular complexity index is 729. The number of carbonyl (C=O) groups is 1. The normalized spacial score (nSPS) is 10.8. The molecule has 0 spiro atoms. The van der Waals surface area contributed by atoms with E-state index in [4.69, 9.17) is 0 Å². The van der Waals surface area contributed by atoms with Crippen molar-refractivity contribution in [2.75, 3.05) is 0 Å². The van der Waals surface area contributed by atoms with Crippen LogP contribution in [0.3, 0.4) is 0 Å². The molecule has 0 fully saturated rings. The predicted octanol–water partition coefficient (Wildman–Crippen LogP) is 3.75. The molecule has 0 amide bonds. The predicted molar refractivity (Wildman–Crippen MR) is 76.1 cm³/mol. The van der Waals surface area contributed by atoms with Crippen molar-refractivity contribution in [2.45, 2.75) is 13.3 Å². The lowest BCUT2D eigenvalue weighted by atomic mass is 10.1. The van der Waals surface area contributed by atoms with Crippen molar-refractivity contribution in [1.29, 1.82) is 0 Å². The van der Waals surface area contributed by atoms with Crippen molar-refractivity contribution in [3.8, 4) is 11.3 Å². The van der Waals surface area contributed by atoms with Gasteiger partial charge in [-0.25, -0.2) is 0 Å². The number of hydrogen-bond acceptors (Lipinski definition) is 2. The molecule has 0 N–H and O–H groups in total. The van der Waals surface area contributed by atoms with Crippen LogP contribution in [0.25, 0.3) is 22.2 Å². The van der Waals surface area contributed by atoms with E-state index < -0.39 is 0 Å². The zero-order valence-electron chi connectivity index (χ0n) is 10.7. The summed E-state index contributed by atoms with van der Waals surface area (Å²) in [5.74, 6) is 0.0124. The number of fused-ring (bicyclic) bond motifs is 1. The Morgan fingerprint density at radius 2 is 1.74 bits per heavy atom. The Kier molecular flexibility index (Phi) is 2.88. The third-order valence-electron chi connectivity index (χ3n) is 3.17. The zero-order valence-corrected chi connectivity index (χ0v) is 10.7. The summed E-state index contributed by atoms with van der Waals surface area (Å²) in [6, 6.07) is 17.8. The van der Waals surface area contributed by atoms with Gasteiger partial charge in [-0.15, -0.1) is 0 Å². The van der Waals surface area contributed by atoms with Crippen LogP contribution in [0.4, 0.5) is 0 Å². The van der Waals surface area contributed by atoms with Gasteiger partial charge in [-0.2, -0.15) is 9.78 Å². The van der Waals surface area contributed by atoms with E-state index in [1.54, 1.807) is 0 Å². The van der Waals surface area contributed by atoms with E-state index in [9.17, 15) is 4.79 Å². The average molecular weight is 250 g/mol. The number of para-hydroxylation sites is 1.